The second kappa shape index (κ2) is 3.93. The van der Waals surface area contributed by atoms with E-state index in [-0.39, 0.29) is 0 Å². The average Bonchev–Trinajstić information content (AvgIpc) is 2.18. The Morgan fingerprint density at radius 2 is 1.93 bits per heavy atom. The molecular formula is C12H15BrO. The number of methoxy groups -OCH3 is 1. The second-order valence-electron chi connectivity index (χ2n) is 4.00. The third-order valence-electron chi connectivity index (χ3n) is 3.27. The zero-order valence-corrected chi connectivity index (χ0v) is 10.0. The molecule has 0 aromatic heterocycles. The van der Waals surface area contributed by atoms with Crippen molar-refractivity contribution in [3.63, 3.8) is 0 Å². The number of hydrogen-bond donors (Lipinski definition) is 0. The monoisotopic (exact) mass is 254 g/mol. The number of rotatable bonds is 3. The zero-order chi connectivity index (χ0) is 10.0. The fourth-order valence-corrected chi connectivity index (χ4v) is 2.93. The molecule has 0 N–H and O–H groups in total. The molecule has 1 fully saturated rings. The van der Waals surface area contributed by atoms with E-state index in [1.54, 1.807) is 7.11 Å². The lowest BCUT2D eigenvalue weighted by Gasteiger charge is -2.41. The predicted molar refractivity (Wildman–Crippen MR) is 62.3 cm³/mol. The fourth-order valence-electron chi connectivity index (χ4n) is 2.05. The van der Waals surface area contributed by atoms with Crippen molar-refractivity contribution in [2.75, 3.05) is 12.4 Å². The number of hydrogen-bond acceptors (Lipinski definition) is 1. The minimum absolute atomic E-state index is 0.409. The zero-order valence-electron chi connectivity index (χ0n) is 8.42. The minimum atomic E-state index is 0.409. The lowest BCUT2D eigenvalue weighted by atomic mass is 9.66. The van der Waals surface area contributed by atoms with E-state index in [2.05, 4.69) is 40.2 Å². The quantitative estimate of drug-likeness (QED) is 0.751. The fraction of sp³-hybridized carbons (Fsp3) is 0.500. The Kier molecular flexibility index (Phi) is 2.82. The van der Waals surface area contributed by atoms with Crippen LogP contribution in [0.1, 0.15) is 24.8 Å². The first-order valence-electron chi connectivity index (χ1n) is 5.01. The lowest BCUT2D eigenvalue weighted by Crippen LogP contribution is -2.35. The summed E-state index contributed by atoms with van der Waals surface area (Å²) >= 11 is 3.62. The van der Waals surface area contributed by atoms with Gasteiger partial charge in [0.25, 0.3) is 0 Å². The molecule has 0 bridgehead atoms. The summed E-state index contributed by atoms with van der Waals surface area (Å²) in [6.07, 6.45) is 3.98. The maximum absolute atomic E-state index is 5.16. The Morgan fingerprint density at radius 3 is 2.29 bits per heavy atom. The first kappa shape index (κ1) is 10.0. The van der Waals surface area contributed by atoms with Gasteiger partial charge in [0.05, 0.1) is 7.11 Å². The van der Waals surface area contributed by atoms with Crippen LogP contribution in [0.2, 0.25) is 0 Å². The SMILES string of the molecule is COc1ccc(C2(CBr)CCC2)cc1. The number of ether oxygens (including phenoxy) is 1. The number of alkyl halides is 1. The van der Waals surface area contributed by atoms with Gasteiger partial charge < -0.3 is 4.74 Å². The summed E-state index contributed by atoms with van der Waals surface area (Å²) in [6.45, 7) is 0. The highest BCUT2D eigenvalue weighted by Gasteiger charge is 2.37. The number of benzene rings is 1. The van der Waals surface area contributed by atoms with Gasteiger partial charge in [0.1, 0.15) is 5.75 Å². The third kappa shape index (κ3) is 1.56. The van der Waals surface area contributed by atoms with Gasteiger partial charge in [-0.3, -0.25) is 0 Å². The van der Waals surface area contributed by atoms with Crippen molar-refractivity contribution < 1.29 is 4.74 Å². The van der Waals surface area contributed by atoms with Crippen LogP contribution in [0.5, 0.6) is 5.75 Å². The topological polar surface area (TPSA) is 9.23 Å². The molecule has 1 aliphatic carbocycles. The van der Waals surface area contributed by atoms with Crippen molar-refractivity contribution in [2.45, 2.75) is 24.7 Å². The summed E-state index contributed by atoms with van der Waals surface area (Å²) < 4.78 is 5.16. The Bertz CT molecular complexity index is 295. The van der Waals surface area contributed by atoms with Gasteiger partial charge in [-0.1, -0.05) is 34.5 Å². The van der Waals surface area contributed by atoms with Crippen molar-refractivity contribution in [1.29, 1.82) is 0 Å². The largest absolute Gasteiger partial charge is 0.497 e. The Morgan fingerprint density at radius 1 is 1.29 bits per heavy atom. The van der Waals surface area contributed by atoms with Crippen molar-refractivity contribution in [1.82, 2.24) is 0 Å². The van der Waals surface area contributed by atoms with Gasteiger partial charge in [-0.15, -0.1) is 0 Å². The molecule has 0 aliphatic heterocycles. The van der Waals surface area contributed by atoms with E-state index in [4.69, 9.17) is 4.74 Å². The Balaban J connectivity index is 2.23. The highest BCUT2D eigenvalue weighted by atomic mass is 79.9. The Labute approximate surface area is 93.6 Å². The maximum atomic E-state index is 5.16. The van der Waals surface area contributed by atoms with Crippen LogP contribution in [0.4, 0.5) is 0 Å². The molecular weight excluding hydrogens is 240 g/mol. The van der Waals surface area contributed by atoms with Crippen molar-refractivity contribution >= 4 is 15.9 Å². The third-order valence-corrected chi connectivity index (χ3v) is 4.34. The summed E-state index contributed by atoms with van der Waals surface area (Å²) in [5.74, 6) is 0.942. The smallest absolute Gasteiger partial charge is 0.118 e. The van der Waals surface area contributed by atoms with Crippen LogP contribution in [0, 0.1) is 0 Å². The molecule has 0 amide bonds. The summed E-state index contributed by atoms with van der Waals surface area (Å²) in [7, 11) is 1.71. The van der Waals surface area contributed by atoms with Gasteiger partial charge in [-0.25, -0.2) is 0 Å². The van der Waals surface area contributed by atoms with Crippen molar-refractivity contribution in [3.05, 3.63) is 29.8 Å². The van der Waals surface area contributed by atoms with Gasteiger partial charge in [0, 0.05) is 10.7 Å². The molecule has 1 nitrogen and oxygen atoms in total. The van der Waals surface area contributed by atoms with Crippen molar-refractivity contribution in [2.24, 2.45) is 0 Å². The van der Waals surface area contributed by atoms with E-state index in [1.165, 1.54) is 24.8 Å². The first-order chi connectivity index (χ1) is 6.80. The van der Waals surface area contributed by atoms with Crippen molar-refractivity contribution in [3.8, 4) is 5.75 Å². The molecule has 2 heteroatoms. The molecule has 0 heterocycles. The Hall–Kier alpha value is -0.500. The average molecular weight is 255 g/mol. The van der Waals surface area contributed by atoms with Gasteiger partial charge in [0.2, 0.25) is 0 Å². The predicted octanol–water partition coefficient (Wildman–Crippen LogP) is 3.51. The summed E-state index contributed by atoms with van der Waals surface area (Å²) in [4.78, 5) is 0. The number of halogens is 1. The molecule has 76 valence electrons. The standard InChI is InChI=1S/C12H15BrO/c1-14-11-5-3-10(4-6-11)12(9-13)7-2-8-12/h3-6H,2,7-9H2,1H3. The molecule has 0 unspecified atom stereocenters. The lowest BCUT2D eigenvalue weighted by molar-refractivity contribution is 0.280. The molecule has 0 saturated heterocycles. The molecule has 0 radical (unpaired) electrons. The van der Waals surface area contributed by atoms with E-state index in [9.17, 15) is 0 Å². The summed E-state index contributed by atoms with van der Waals surface area (Å²) in [6, 6.07) is 8.49. The van der Waals surface area contributed by atoms with Gasteiger partial charge in [0.15, 0.2) is 0 Å². The molecule has 1 saturated carbocycles. The van der Waals surface area contributed by atoms with E-state index in [1.807, 2.05) is 0 Å². The summed E-state index contributed by atoms with van der Waals surface area (Å²) in [5.41, 5.74) is 1.85. The van der Waals surface area contributed by atoms with Gasteiger partial charge >= 0.3 is 0 Å². The molecule has 1 aromatic carbocycles. The van der Waals surface area contributed by atoms with E-state index in [0.717, 1.165) is 11.1 Å². The molecule has 0 spiro atoms. The van der Waals surface area contributed by atoms with Crippen LogP contribution in [-0.2, 0) is 5.41 Å². The molecule has 0 atom stereocenters. The highest BCUT2D eigenvalue weighted by Crippen LogP contribution is 2.45. The maximum Gasteiger partial charge on any atom is 0.118 e. The van der Waals surface area contributed by atoms with Gasteiger partial charge in [-0.2, -0.15) is 0 Å². The van der Waals surface area contributed by atoms with Crippen LogP contribution in [0.25, 0.3) is 0 Å². The van der Waals surface area contributed by atoms with Crippen LogP contribution < -0.4 is 4.74 Å². The second-order valence-corrected chi connectivity index (χ2v) is 4.56. The van der Waals surface area contributed by atoms with Crippen LogP contribution >= 0.6 is 15.9 Å². The van der Waals surface area contributed by atoms with Gasteiger partial charge in [-0.05, 0) is 30.5 Å². The van der Waals surface area contributed by atoms with E-state index in [0.29, 0.717) is 5.41 Å². The molecule has 1 aromatic rings. The molecule has 14 heavy (non-hydrogen) atoms. The first-order valence-corrected chi connectivity index (χ1v) is 6.13. The minimum Gasteiger partial charge on any atom is -0.497 e. The molecule has 2 rings (SSSR count). The van der Waals surface area contributed by atoms with Crippen LogP contribution in [0.15, 0.2) is 24.3 Å². The van der Waals surface area contributed by atoms with E-state index < -0.39 is 0 Å². The van der Waals surface area contributed by atoms with Crippen LogP contribution in [0.3, 0.4) is 0 Å². The van der Waals surface area contributed by atoms with Crippen LogP contribution in [-0.4, -0.2) is 12.4 Å². The summed E-state index contributed by atoms with van der Waals surface area (Å²) in [5, 5.41) is 1.08. The normalized spacial score (nSPS) is 18.7. The highest BCUT2D eigenvalue weighted by molar-refractivity contribution is 9.09. The molecule has 1 aliphatic rings. The van der Waals surface area contributed by atoms with E-state index >= 15 is 0 Å².